The number of anilines is 1. The smallest absolute Gasteiger partial charge is 0.248 e. The third kappa shape index (κ3) is 1.28. The molecule has 0 bridgehead atoms. The van der Waals surface area contributed by atoms with Gasteiger partial charge in [-0.3, -0.25) is 4.79 Å². The highest BCUT2D eigenvalue weighted by atomic mass is 16.2. The second-order valence-corrected chi connectivity index (χ2v) is 4.68. The summed E-state index contributed by atoms with van der Waals surface area (Å²) in [5.74, 6) is 0.0769. The molecule has 1 fully saturated rings. The summed E-state index contributed by atoms with van der Waals surface area (Å²) in [5.41, 5.74) is 7.98. The monoisotopic (exact) mass is 216 g/mol. The Hall–Kier alpha value is -1.35. The van der Waals surface area contributed by atoms with Crippen LogP contribution in [0, 0.1) is 0 Å². The van der Waals surface area contributed by atoms with Crippen molar-refractivity contribution >= 4 is 11.6 Å². The molecule has 3 nitrogen and oxygen atoms in total. The van der Waals surface area contributed by atoms with E-state index in [2.05, 4.69) is 0 Å². The molecule has 1 unspecified atom stereocenters. The van der Waals surface area contributed by atoms with E-state index < -0.39 is 6.04 Å². The van der Waals surface area contributed by atoms with E-state index in [0.717, 1.165) is 24.1 Å². The summed E-state index contributed by atoms with van der Waals surface area (Å²) in [6, 6.07) is 7.83. The molecule has 1 aromatic carbocycles. The topological polar surface area (TPSA) is 46.3 Å². The van der Waals surface area contributed by atoms with Crippen molar-refractivity contribution in [2.75, 3.05) is 4.90 Å². The predicted octanol–water partition coefficient (Wildman–Crippen LogP) is 1.98. The second-order valence-electron chi connectivity index (χ2n) is 4.68. The summed E-state index contributed by atoms with van der Waals surface area (Å²) in [5, 5.41) is 0. The van der Waals surface area contributed by atoms with Gasteiger partial charge in [-0.25, -0.2) is 0 Å². The first-order valence-electron chi connectivity index (χ1n) is 5.96. The van der Waals surface area contributed by atoms with Crippen molar-refractivity contribution in [3.63, 3.8) is 0 Å². The van der Waals surface area contributed by atoms with E-state index in [4.69, 9.17) is 5.73 Å². The fraction of sp³-hybridized carbons (Fsp3) is 0.462. The Morgan fingerprint density at radius 3 is 2.62 bits per heavy atom. The molecule has 2 aliphatic rings. The van der Waals surface area contributed by atoms with Gasteiger partial charge in [0.25, 0.3) is 0 Å². The number of nitrogens with zero attached hydrogens (tertiary/aromatic N) is 1. The number of para-hydroxylation sites is 1. The van der Waals surface area contributed by atoms with Gasteiger partial charge in [-0.1, -0.05) is 31.0 Å². The summed E-state index contributed by atoms with van der Waals surface area (Å²) in [6.45, 7) is 0. The van der Waals surface area contributed by atoms with Gasteiger partial charge in [0.2, 0.25) is 5.91 Å². The Bertz CT molecular complexity index is 424. The van der Waals surface area contributed by atoms with Crippen molar-refractivity contribution in [1.82, 2.24) is 0 Å². The van der Waals surface area contributed by atoms with Crippen LogP contribution >= 0.6 is 0 Å². The van der Waals surface area contributed by atoms with Crippen molar-refractivity contribution in [2.24, 2.45) is 5.73 Å². The van der Waals surface area contributed by atoms with Crippen LogP contribution in [0.3, 0.4) is 0 Å². The van der Waals surface area contributed by atoms with Crippen LogP contribution in [0.4, 0.5) is 5.69 Å². The Balaban J connectivity index is 2.02. The summed E-state index contributed by atoms with van der Waals surface area (Å²) in [6.07, 6.45) is 4.69. The van der Waals surface area contributed by atoms with Crippen LogP contribution in [0.15, 0.2) is 24.3 Å². The molecular formula is C13H16N2O. The quantitative estimate of drug-likeness (QED) is 0.780. The molecule has 1 aromatic rings. The number of carbonyl (C=O) groups excluding carboxylic acids is 1. The van der Waals surface area contributed by atoms with Gasteiger partial charge < -0.3 is 10.6 Å². The number of carbonyl (C=O) groups is 1. The van der Waals surface area contributed by atoms with Gasteiger partial charge in [-0.2, -0.15) is 0 Å². The molecule has 1 heterocycles. The third-order valence-electron chi connectivity index (χ3n) is 3.72. The van der Waals surface area contributed by atoms with E-state index >= 15 is 0 Å². The maximum Gasteiger partial charge on any atom is 0.248 e. The zero-order valence-corrected chi connectivity index (χ0v) is 9.23. The molecule has 3 rings (SSSR count). The van der Waals surface area contributed by atoms with Gasteiger partial charge in [0.05, 0.1) is 0 Å². The van der Waals surface area contributed by atoms with E-state index in [0.29, 0.717) is 6.04 Å². The Morgan fingerprint density at radius 2 is 1.88 bits per heavy atom. The predicted molar refractivity (Wildman–Crippen MR) is 63.1 cm³/mol. The van der Waals surface area contributed by atoms with E-state index in [1.165, 1.54) is 12.8 Å². The van der Waals surface area contributed by atoms with Crippen molar-refractivity contribution in [1.29, 1.82) is 0 Å². The Morgan fingerprint density at radius 1 is 1.19 bits per heavy atom. The normalized spacial score (nSPS) is 25.2. The number of benzene rings is 1. The number of hydrogen-bond acceptors (Lipinski definition) is 2. The lowest BCUT2D eigenvalue weighted by molar-refractivity contribution is -0.119. The summed E-state index contributed by atoms with van der Waals surface area (Å²) < 4.78 is 0. The molecule has 0 radical (unpaired) electrons. The maximum absolute atomic E-state index is 12.2. The van der Waals surface area contributed by atoms with Gasteiger partial charge >= 0.3 is 0 Å². The maximum atomic E-state index is 12.2. The molecule has 0 saturated heterocycles. The van der Waals surface area contributed by atoms with Crippen LogP contribution in [-0.4, -0.2) is 11.9 Å². The fourth-order valence-electron chi connectivity index (χ4n) is 2.91. The van der Waals surface area contributed by atoms with Crippen LogP contribution in [0.1, 0.15) is 37.3 Å². The third-order valence-corrected chi connectivity index (χ3v) is 3.72. The lowest BCUT2D eigenvalue weighted by Crippen LogP contribution is -2.38. The molecule has 84 valence electrons. The molecular weight excluding hydrogens is 200 g/mol. The molecule has 1 amide bonds. The van der Waals surface area contributed by atoms with Gasteiger partial charge in [-0.15, -0.1) is 0 Å². The average molecular weight is 216 g/mol. The number of hydrogen-bond donors (Lipinski definition) is 1. The highest BCUT2D eigenvalue weighted by Crippen LogP contribution is 2.39. The molecule has 1 saturated carbocycles. The summed E-state index contributed by atoms with van der Waals surface area (Å²) in [7, 11) is 0. The van der Waals surface area contributed by atoms with E-state index in [-0.39, 0.29) is 5.91 Å². The number of amides is 1. The molecule has 0 aromatic heterocycles. The summed E-state index contributed by atoms with van der Waals surface area (Å²) in [4.78, 5) is 14.1. The zero-order valence-electron chi connectivity index (χ0n) is 9.23. The van der Waals surface area contributed by atoms with Gasteiger partial charge in [0, 0.05) is 17.3 Å². The molecule has 0 spiro atoms. The second kappa shape index (κ2) is 3.59. The van der Waals surface area contributed by atoms with Gasteiger partial charge in [0.15, 0.2) is 0 Å². The first kappa shape index (κ1) is 9.85. The standard InChI is InChI=1S/C13H16N2O/c14-12-10-7-3-4-8-11(10)15(13(12)16)9-5-1-2-6-9/h3-4,7-9,12H,1-2,5-6,14H2. The Labute approximate surface area is 95.2 Å². The van der Waals surface area contributed by atoms with Gasteiger partial charge in [-0.05, 0) is 18.9 Å². The van der Waals surface area contributed by atoms with Crippen LogP contribution in [0.25, 0.3) is 0 Å². The van der Waals surface area contributed by atoms with E-state index in [1.807, 2.05) is 29.2 Å². The fourth-order valence-corrected chi connectivity index (χ4v) is 2.91. The summed E-state index contributed by atoms with van der Waals surface area (Å²) >= 11 is 0. The number of rotatable bonds is 1. The average Bonchev–Trinajstić information content (AvgIpc) is 2.89. The van der Waals surface area contributed by atoms with E-state index in [9.17, 15) is 4.79 Å². The largest absolute Gasteiger partial charge is 0.316 e. The SMILES string of the molecule is NC1C(=O)N(C2CCCC2)c2ccccc21. The van der Waals surface area contributed by atoms with Crippen LogP contribution in [-0.2, 0) is 4.79 Å². The number of fused-ring (bicyclic) bond motifs is 1. The molecule has 2 N–H and O–H groups in total. The van der Waals surface area contributed by atoms with Crippen molar-refractivity contribution < 1.29 is 4.79 Å². The molecule has 3 heteroatoms. The lowest BCUT2D eigenvalue weighted by Gasteiger charge is -2.24. The molecule has 1 aliphatic heterocycles. The van der Waals surface area contributed by atoms with Crippen molar-refractivity contribution in [2.45, 2.75) is 37.8 Å². The van der Waals surface area contributed by atoms with Crippen LogP contribution < -0.4 is 10.6 Å². The minimum atomic E-state index is -0.447. The number of nitrogens with two attached hydrogens (primary N) is 1. The van der Waals surface area contributed by atoms with Crippen LogP contribution in [0.2, 0.25) is 0 Å². The minimum Gasteiger partial charge on any atom is -0.316 e. The van der Waals surface area contributed by atoms with Crippen LogP contribution in [0.5, 0.6) is 0 Å². The zero-order chi connectivity index (χ0) is 11.1. The minimum absolute atomic E-state index is 0.0769. The van der Waals surface area contributed by atoms with E-state index in [1.54, 1.807) is 0 Å². The first-order chi connectivity index (χ1) is 7.79. The van der Waals surface area contributed by atoms with Crippen molar-refractivity contribution in [3.8, 4) is 0 Å². The highest BCUT2D eigenvalue weighted by molar-refractivity contribution is 6.04. The molecule has 1 aliphatic carbocycles. The van der Waals surface area contributed by atoms with Gasteiger partial charge in [0.1, 0.15) is 6.04 Å². The Kier molecular flexibility index (Phi) is 2.21. The first-order valence-corrected chi connectivity index (χ1v) is 5.96. The lowest BCUT2D eigenvalue weighted by atomic mass is 10.1. The molecule has 1 atom stereocenters. The highest BCUT2D eigenvalue weighted by Gasteiger charge is 2.39. The van der Waals surface area contributed by atoms with Crippen molar-refractivity contribution in [3.05, 3.63) is 29.8 Å². The molecule has 16 heavy (non-hydrogen) atoms.